The van der Waals surface area contributed by atoms with Gasteiger partial charge in [0, 0.05) is 18.3 Å². The number of hydrogen-bond donors (Lipinski definition) is 1. The summed E-state index contributed by atoms with van der Waals surface area (Å²) >= 11 is 0. The molecule has 5 nitrogen and oxygen atoms in total. The van der Waals surface area contributed by atoms with Crippen LogP contribution < -0.4 is 9.47 Å². The van der Waals surface area contributed by atoms with Crippen molar-refractivity contribution in [1.29, 1.82) is 0 Å². The fourth-order valence-electron chi connectivity index (χ4n) is 5.24. The summed E-state index contributed by atoms with van der Waals surface area (Å²) < 4.78 is 15.9. The quantitative estimate of drug-likeness (QED) is 0.508. The lowest BCUT2D eigenvalue weighted by Crippen LogP contribution is -2.55. The fourth-order valence-corrected chi connectivity index (χ4v) is 5.24. The van der Waals surface area contributed by atoms with Gasteiger partial charge in [-0.05, 0) is 53.3 Å². The smallest absolute Gasteiger partial charge is 0.302 e. The van der Waals surface area contributed by atoms with Crippen LogP contribution in [-0.2, 0) is 14.9 Å². The highest BCUT2D eigenvalue weighted by atomic mass is 16.5. The Bertz CT molecular complexity index is 1010. The van der Waals surface area contributed by atoms with E-state index in [4.69, 9.17) is 14.2 Å². The highest BCUT2D eigenvalue weighted by Crippen LogP contribution is 2.62. The second kappa shape index (κ2) is 9.67. The van der Waals surface area contributed by atoms with Crippen molar-refractivity contribution in [1.82, 2.24) is 0 Å². The van der Waals surface area contributed by atoms with Crippen molar-refractivity contribution in [2.24, 2.45) is 5.92 Å². The van der Waals surface area contributed by atoms with Gasteiger partial charge < -0.3 is 19.3 Å². The zero-order valence-electron chi connectivity index (χ0n) is 19.2. The van der Waals surface area contributed by atoms with Crippen molar-refractivity contribution in [3.05, 3.63) is 95.6 Å². The minimum atomic E-state index is -0.760. The van der Waals surface area contributed by atoms with Crippen LogP contribution >= 0.6 is 0 Å². The molecular formula is C28H30O5. The molecular weight excluding hydrogens is 416 g/mol. The average Bonchev–Trinajstić information content (AvgIpc) is 2.84. The Labute approximate surface area is 194 Å². The molecule has 33 heavy (non-hydrogen) atoms. The van der Waals surface area contributed by atoms with Crippen LogP contribution in [0.25, 0.3) is 0 Å². The zero-order chi connectivity index (χ0) is 23.4. The minimum absolute atomic E-state index is 0.00829. The van der Waals surface area contributed by atoms with E-state index in [0.717, 1.165) is 28.2 Å². The Balaban J connectivity index is 1.83. The van der Waals surface area contributed by atoms with Crippen LogP contribution in [0.5, 0.6) is 11.5 Å². The Kier molecular flexibility index (Phi) is 6.70. The third-order valence-corrected chi connectivity index (χ3v) is 6.84. The van der Waals surface area contributed by atoms with Crippen LogP contribution in [0.3, 0.4) is 0 Å². The number of ether oxygens (including phenoxy) is 3. The van der Waals surface area contributed by atoms with Crippen molar-refractivity contribution in [2.45, 2.75) is 30.8 Å². The van der Waals surface area contributed by atoms with Gasteiger partial charge in [-0.15, -0.1) is 0 Å². The second-order valence-corrected chi connectivity index (χ2v) is 8.55. The predicted molar refractivity (Wildman–Crippen MR) is 127 cm³/mol. The Morgan fingerprint density at radius 1 is 0.909 bits per heavy atom. The van der Waals surface area contributed by atoms with Crippen LogP contribution in [0, 0.1) is 5.92 Å². The Morgan fingerprint density at radius 3 is 1.88 bits per heavy atom. The zero-order valence-corrected chi connectivity index (χ0v) is 19.2. The molecule has 0 radical (unpaired) electrons. The van der Waals surface area contributed by atoms with Crippen molar-refractivity contribution < 1.29 is 24.1 Å². The van der Waals surface area contributed by atoms with Gasteiger partial charge in [0.2, 0.25) is 0 Å². The molecule has 4 rings (SSSR count). The molecule has 0 bridgehead atoms. The van der Waals surface area contributed by atoms with Crippen LogP contribution in [0.15, 0.2) is 78.9 Å². The number of methoxy groups -OCH3 is 2. The van der Waals surface area contributed by atoms with Gasteiger partial charge in [-0.25, -0.2) is 0 Å². The van der Waals surface area contributed by atoms with Gasteiger partial charge in [-0.3, -0.25) is 4.79 Å². The lowest BCUT2D eigenvalue weighted by molar-refractivity contribution is -0.147. The second-order valence-electron chi connectivity index (χ2n) is 8.55. The van der Waals surface area contributed by atoms with E-state index in [9.17, 15) is 9.90 Å². The number of aliphatic hydroxyl groups is 1. The first kappa shape index (κ1) is 22.9. The first-order valence-corrected chi connectivity index (χ1v) is 11.1. The lowest BCUT2D eigenvalue weighted by atomic mass is 9.45. The van der Waals surface area contributed by atoms with E-state index >= 15 is 0 Å². The van der Waals surface area contributed by atoms with E-state index in [-0.39, 0.29) is 29.8 Å². The Hall–Kier alpha value is -3.31. The first-order valence-electron chi connectivity index (χ1n) is 11.1. The van der Waals surface area contributed by atoms with Crippen molar-refractivity contribution in [3.8, 4) is 11.5 Å². The molecule has 1 N–H and O–H groups in total. The standard InChI is InChI=1S/C28H30O5/c1-19(29)33-18-26(30)25-17-28(21-9-13-23(31-2)14-10-21,22-11-15-24(32-3)16-12-22)27(25)20-7-5-4-6-8-20/h4-16,25-27,30H,17-18H2,1-3H3/t25-,26?,27-/m0/s1. The number of carbonyl (C=O) groups is 1. The minimum Gasteiger partial charge on any atom is -0.497 e. The molecule has 0 aromatic heterocycles. The number of hydrogen-bond acceptors (Lipinski definition) is 5. The number of benzene rings is 3. The third-order valence-electron chi connectivity index (χ3n) is 6.84. The topological polar surface area (TPSA) is 65.0 Å². The van der Waals surface area contributed by atoms with Gasteiger partial charge >= 0.3 is 5.97 Å². The molecule has 3 atom stereocenters. The summed E-state index contributed by atoms with van der Waals surface area (Å²) in [6, 6.07) is 26.6. The predicted octanol–water partition coefficient (Wildman–Crippen LogP) is 4.72. The highest BCUT2D eigenvalue weighted by molar-refractivity contribution is 5.65. The first-order chi connectivity index (χ1) is 16.0. The molecule has 1 saturated carbocycles. The van der Waals surface area contributed by atoms with E-state index in [2.05, 4.69) is 36.4 Å². The SMILES string of the molecule is COc1ccc(C2(c3ccc(OC)cc3)C[C@@H](C(O)COC(C)=O)[C@@H]2c2ccccc2)cc1. The summed E-state index contributed by atoms with van der Waals surface area (Å²) in [5, 5.41) is 11.0. The van der Waals surface area contributed by atoms with Gasteiger partial charge in [0.25, 0.3) is 0 Å². The molecule has 3 aromatic rings. The monoisotopic (exact) mass is 446 g/mol. The summed E-state index contributed by atoms with van der Waals surface area (Å²) in [7, 11) is 3.32. The summed E-state index contributed by atoms with van der Waals surface area (Å²) in [4.78, 5) is 11.4. The van der Waals surface area contributed by atoms with Gasteiger partial charge in [0.1, 0.15) is 18.1 Å². The highest BCUT2D eigenvalue weighted by Gasteiger charge is 2.58. The van der Waals surface area contributed by atoms with Crippen LogP contribution in [0.2, 0.25) is 0 Å². The third kappa shape index (κ3) is 4.33. The van der Waals surface area contributed by atoms with Crippen molar-refractivity contribution in [3.63, 3.8) is 0 Å². The summed E-state index contributed by atoms with van der Waals surface area (Å²) in [6.07, 6.45) is -0.0445. The Morgan fingerprint density at radius 2 is 1.42 bits per heavy atom. The van der Waals surface area contributed by atoms with Gasteiger partial charge in [0.15, 0.2) is 0 Å². The molecule has 1 fully saturated rings. The molecule has 3 aromatic carbocycles. The number of aliphatic hydroxyl groups excluding tert-OH is 1. The molecule has 1 unspecified atom stereocenters. The average molecular weight is 447 g/mol. The lowest BCUT2D eigenvalue weighted by Gasteiger charge is -2.58. The summed E-state index contributed by atoms with van der Waals surface area (Å²) in [5.74, 6) is 1.12. The summed E-state index contributed by atoms with van der Waals surface area (Å²) in [6.45, 7) is 1.35. The normalized spacial score (nSPS) is 19.8. The molecule has 0 spiro atoms. The maximum atomic E-state index is 11.4. The van der Waals surface area contributed by atoms with Crippen LogP contribution in [-0.4, -0.2) is 38.0 Å². The fraction of sp³-hybridized carbons (Fsp3) is 0.321. The molecule has 0 saturated heterocycles. The number of carbonyl (C=O) groups excluding carboxylic acids is 1. The molecule has 0 amide bonds. The van der Waals surface area contributed by atoms with Gasteiger partial charge in [-0.1, -0.05) is 54.6 Å². The largest absolute Gasteiger partial charge is 0.497 e. The van der Waals surface area contributed by atoms with Gasteiger partial charge in [-0.2, -0.15) is 0 Å². The maximum Gasteiger partial charge on any atom is 0.302 e. The van der Waals surface area contributed by atoms with Crippen molar-refractivity contribution in [2.75, 3.05) is 20.8 Å². The van der Waals surface area contributed by atoms with Crippen molar-refractivity contribution >= 4 is 5.97 Å². The maximum absolute atomic E-state index is 11.4. The molecule has 0 heterocycles. The van der Waals surface area contributed by atoms with Gasteiger partial charge in [0.05, 0.1) is 20.3 Å². The van der Waals surface area contributed by atoms with E-state index in [1.165, 1.54) is 6.92 Å². The van der Waals surface area contributed by atoms with Crippen LogP contribution in [0.4, 0.5) is 0 Å². The molecule has 5 heteroatoms. The molecule has 1 aliphatic rings. The molecule has 0 aliphatic heterocycles. The van der Waals surface area contributed by atoms with E-state index < -0.39 is 6.10 Å². The van der Waals surface area contributed by atoms with E-state index in [0.29, 0.717) is 6.42 Å². The number of rotatable bonds is 8. The molecule has 1 aliphatic carbocycles. The number of esters is 1. The summed E-state index contributed by atoms with van der Waals surface area (Å²) in [5.41, 5.74) is 3.08. The van der Waals surface area contributed by atoms with Crippen LogP contribution in [0.1, 0.15) is 36.0 Å². The molecule has 172 valence electrons. The van der Waals surface area contributed by atoms with E-state index in [1.807, 2.05) is 42.5 Å². The van der Waals surface area contributed by atoms with E-state index in [1.54, 1.807) is 14.2 Å².